The molecular weight excluding hydrogens is 821 g/mol. The molecule has 9 nitrogen and oxygen atoms in total. The van der Waals surface area contributed by atoms with Gasteiger partial charge in [-0.2, -0.15) is 35.0 Å². The standard InChI is InChI=1S/C36H32Cl2F6N2O7S2/c37-31-11-1-23(21-29(31)35(39,40)41)33(47)13-17-45(18-14-33)54(49,50)27-7-3-25(4-8-27)53-26-5-9-28(10-6-26)55(51,52)46-19-15-34(48,16-20-46)24-2-12-32(38)30(22-24)36(42,43)44/h1-12,21-22,47-48H,13-20H2. The summed E-state index contributed by atoms with van der Waals surface area (Å²) in [6, 6.07) is 17.0. The van der Waals surface area contributed by atoms with E-state index in [2.05, 4.69) is 0 Å². The van der Waals surface area contributed by atoms with E-state index in [1.54, 1.807) is 0 Å². The van der Waals surface area contributed by atoms with Crippen LogP contribution in [0.5, 0.6) is 11.5 Å². The van der Waals surface area contributed by atoms with Crippen LogP contribution in [0.4, 0.5) is 26.3 Å². The van der Waals surface area contributed by atoms with E-state index in [9.17, 15) is 53.4 Å². The van der Waals surface area contributed by atoms with Gasteiger partial charge < -0.3 is 14.9 Å². The van der Waals surface area contributed by atoms with Gasteiger partial charge in [-0.3, -0.25) is 0 Å². The third-order valence-corrected chi connectivity index (χ3v) is 14.4. The van der Waals surface area contributed by atoms with Gasteiger partial charge in [-0.05, 0) is 110 Å². The smallest absolute Gasteiger partial charge is 0.417 e. The van der Waals surface area contributed by atoms with Crippen LogP contribution in [0.15, 0.2) is 94.7 Å². The Morgan fingerprint density at radius 2 is 0.855 bits per heavy atom. The maximum atomic E-state index is 13.4. The summed E-state index contributed by atoms with van der Waals surface area (Å²) in [7, 11) is -8.12. The molecule has 4 aromatic carbocycles. The lowest BCUT2D eigenvalue weighted by Crippen LogP contribution is -2.45. The summed E-state index contributed by atoms with van der Waals surface area (Å²) in [5, 5.41) is 21.3. The predicted octanol–water partition coefficient (Wildman–Crippen LogP) is 8.17. The van der Waals surface area contributed by atoms with Gasteiger partial charge in [0, 0.05) is 26.2 Å². The lowest BCUT2D eigenvalue weighted by atomic mass is 9.84. The number of sulfonamides is 2. The number of hydrogen-bond acceptors (Lipinski definition) is 7. The zero-order chi connectivity index (χ0) is 40.2. The van der Waals surface area contributed by atoms with E-state index in [0.717, 1.165) is 32.9 Å². The van der Waals surface area contributed by atoms with Crippen molar-refractivity contribution in [3.63, 3.8) is 0 Å². The van der Waals surface area contributed by atoms with Crippen LogP contribution < -0.4 is 4.74 Å². The van der Waals surface area contributed by atoms with Crippen LogP contribution in [0.3, 0.4) is 0 Å². The Bertz CT molecular complexity index is 2110. The molecule has 2 heterocycles. The van der Waals surface area contributed by atoms with Crippen molar-refractivity contribution in [1.82, 2.24) is 8.61 Å². The lowest BCUT2D eigenvalue weighted by Gasteiger charge is -2.38. The number of benzene rings is 4. The van der Waals surface area contributed by atoms with Gasteiger partial charge in [-0.15, -0.1) is 0 Å². The molecule has 0 saturated carbocycles. The van der Waals surface area contributed by atoms with E-state index in [1.807, 2.05) is 0 Å². The first-order chi connectivity index (χ1) is 25.5. The van der Waals surface area contributed by atoms with Crippen molar-refractivity contribution < 1.29 is 58.1 Å². The number of alkyl halides is 6. The monoisotopic (exact) mass is 852 g/mol. The molecule has 2 saturated heterocycles. The van der Waals surface area contributed by atoms with Crippen LogP contribution in [0.2, 0.25) is 10.0 Å². The third kappa shape index (κ3) is 8.49. The summed E-state index contributed by atoms with van der Waals surface area (Å²) in [5.41, 5.74) is -5.63. The van der Waals surface area contributed by atoms with E-state index in [4.69, 9.17) is 27.9 Å². The minimum absolute atomic E-state index is 0.0171. The molecule has 6 rings (SSSR count). The highest BCUT2D eigenvalue weighted by atomic mass is 35.5. The van der Waals surface area contributed by atoms with E-state index in [1.165, 1.54) is 60.7 Å². The van der Waals surface area contributed by atoms with Crippen LogP contribution in [0.25, 0.3) is 0 Å². The highest BCUT2D eigenvalue weighted by Gasteiger charge is 2.42. The molecule has 2 aliphatic rings. The number of ether oxygens (including phenoxy) is 1. The van der Waals surface area contributed by atoms with E-state index in [0.29, 0.717) is 0 Å². The molecule has 0 spiro atoms. The van der Waals surface area contributed by atoms with E-state index >= 15 is 0 Å². The predicted molar refractivity (Wildman–Crippen MR) is 190 cm³/mol. The molecule has 0 radical (unpaired) electrons. The lowest BCUT2D eigenvalue weighted by molar-refractivity contribution is -0.138. The van der Waals surface area contributed by atoms with Crippen molar-refractivity contribution in [3.05, 3.63) is 117 Å². The van der Waals surface area contributed by atoms with Crippen molar-refractivity contribution in [2.75, 3.05) is 26.2 Å². The zero-order valence-electron chi connectivity index (χ0n) is 28.4. The van der Waals surface area contributed by atoms with Crippen LogP contribution >= 0.6 is 23.2 Å². The maximum absolute atomic E-state index is 13.4. The Kier molecular flexibility index (Phi) is 11.1. The van der Waals surface area contributed by atoms with Crippen LogP contribution in [-0.4, -0.2) is 61.8 Å². The topological polar surface area (TPSA) is 124 Å². The zero-order valence-corrected chi connectivity index (χ0v) is 31.6. The molecule has 2 N–H and O–H groups in total. The second kappa shape index (κ2) is 14.8. The van der Waals surface area contributed by atoms with Crippen molar-refractivity contribution >= 4 is 43.2 Å². The molecule has 0 bridgehead atoms. The van der Waals surface area contributed by atoms with E-state index < -0.39 is 64.8 Å². The van der Waals surface area contributed by atoms with Gasteiger partial charge >= 0.3 is 12.4 Å². The molecule has 0 aromatic heterocycles. The molecule has 19 heteroatoms. The Balaban J connectivity index is 1.06. The Morgan fingerprint density at radius 1 is 0.545 bits per heavy atom. The molecule has 0 amide bonds. The Morgan fingerprint density at radius 3 is 1.15 bits per heavy atom. The number of halogens is 8. The van der Waals surface area contributed by atoms with Gasteiger partial charge in [0.1, 0.15) is 11.5 Å². The van der Waals surface area contributed by atoms with Gasteiger partial charge in [0.15, 0.2) is 0 Å². The fourth-order valence-corrected chi connectivity index (χ4v) is 9.96. The van der Waals surface area contributed by atoms with Gasteiger partial charge in [0.25, 0.3) is 0 Å². The highest BCUT2D eigenvalue weighted by molar-refractivity contribution is 7.89. The van der Waals surface area contributed by atoms with Crippen molar-refractivity contribution in [2.45, 2.75) is 59.0 Å². The highest BCUT2D eigenvalue weighted by Crippen LogP contribution is 2.42. The number of piperidine rings is 2. The summed E-state index contributed by atoms with van der Waals surface area (Å²) >= 11 is 11.4. The Labute approximate surface area is 322 Å². The molecule has 0 unspecified atom stereocenters. The van der Waals surface area contributed by atoms with Gasteiger partial charge in [0.05, 0.1) is 42.2 Å². The minimum atomic E-state index is -4.74. The summed E-state index contributed by atoms with van der Waals surface area (Å²) in [5.74, 6) is 0.439. The normalized spacial score (nSPS) is 18.6. The molecule has 0 aliphatic carbocycles. The summed E-state index contributed by atoms with van der Waals surface area (Å²) in [6.45, 7) is -0.668. The molecule has 2 fully saturated rings. The number of aliphatic hydroxyl groups is 2. The summed E-state index contributed by atoms with van der Waals surface area (Å²) < 4.78 is 142. The maximum Gasteiger partial charge on any atom is 0.417 e. The first-order valence-corrected chi connectivity index (χ1v) is 20.2. The number of hydrogen-bond donors (Lipinski definition) is 2. The van der Waals surface area contributed by atoms with Crippen molar-refractivity contribution in [2.24, 2.45) is 0 Å². The largest absolute Gasteiger partial charge is 0.457 e. The SMILES string of the molecule is O=S(=O)(c1ccc(Oc2ccc(S(=O)(=O)N3CCC(O)(c4ccc(Cl)c(C(F)(F)F)c4)CC3)cc2)cc1)N1CCC(O)(c2ccc(Cl)c(C(F)(F)F)c2)CC1. The van der Waals surface area contributed by atoms with Crippen molar-refractivity contribution in [3.8, 4) is 11.5 Å². The fraction of sp³-hybridized carbons (Fsp3) is 0.333. The quantitative estimate of drug-likeness (QED) is 0.172. The van der Waals surface area contributed by atoms with Gasteiger partial charge in [0.2, 0.25) is 20.0 Å². The second-order valence-electron chi connectivity index (χ2n) is 13.3. The Hall–Kier alpha value is -3.42. The van der Waals surface area contributed by atoms with Crippen LogP contribution in [-0.2, 0) is 43.6 Å². The average molecular weight is 854 g/mol. The summed E-state index contributed by atoms with van der Waals surface area (Å²) in [4.78, 5) is -0.189. The van der Waals surface area contributed by atoms with Crippen LogP contribution in [0.1, 0.15) is 47.9 Å². The molecule has 4 aromatic rings. The molecule has 2 aliphatic heterocycles. The van der Waals surface area contributed by atoms with Crippen molar-refractivity contribution in [1.29, 1.82) is 0 Å². The molecule has 55 heavy (non-hydrogen) atoms. The molecule has 0 atom stereocenters. The van der Waals surface area contributed by atoms with Crippen LogP contribution in [0, 0.1) is 0 Å². The minimum Gasteiger partial charge on any atom is -0.457 e. The summed E-state index contributed by atoms with van der Waals surface area (Å²) in [6.07, 6.45) is -10.1. The average Bonchev–Trinajstić information content (AvgIpc) is 3.12. The first-order valence-electron chi connectivity index (χ1n) is 16.6. The molecular formula is C36H32Cl2F6N2O7S2. The first kappa shape index (κ1) is 41.2. The fourth-order valence-electron chi connectivity index (χ4n) is 6.63. The van der Waals surface area contributed by atoms with E-state index in [-0.39, 0.29) is 84.3 Å². The number of rotatable bonds is 8. The second-order valence-corrected chi connectivity index (χ2v) is 18.0. The number of nitrogens with zero attached hydrogens (tertiary/aromatic N) is 2. The van der Waals surface area contributed by atoms with Gasteiger partial charge in [-0.1, -0.05) is 35.3 Å². The third-order valence-electron chi connectivity index (χ3n) is 9.88. The van der Waals surface area contributed by atoms with Gasteiger partial charge in [-0.25, -0.2) is 16.8 Å². The molecule has 296 valence electrons.